The molecule has 2 heteroatoms. The maximum Gasteiger partial charge on any atom is 0.263 e. The highest BCUT2D eigenvalue weighted by molar-refractivity contribution is 5.43. The monoisotopic (exact) mass is 240 g/mol. The summed E-state index contributed by atoms with van der Waals surface area (Å²) >= 11 is 0. The predicted molar refractivity (Wildman–Crippen MR) is 73.9 cm³/mol. The van der Waals surface area contributed by atoms with E-state index in [-0.39, 0.29) is 0 Å². The zero-order chi connectivity index (χ0) is 13.8. The molecule has 0 bridgehead atoms. The SMILES string of the molecule is [2H]C1(C)C=Cn2c1c(C)[n+](-c1ccccc1C)c2C. The summed E-state index contributed by atoms with van der Waals surface area (Å²) in [6, 6.07) is 8.38. The third-order valence-corrected chi connectivity index (χ3v) is 3.79. The molecule has 0 spiro atoms. The van der Waals surface area contributed by atoms with Gasteiger partial charge in [-0.25, -0.2) is 4.57 Å². The van der Waals surface area contributed by atoms with Gasteiger partial charge in [-0.3, -0.25) is 0 Å². The van der Waals surface area contributed by atoms with E-state index in [4.69, 9.17) is 1.37 Å². The Morgan fingerprint density at radius 3 is 2.61 bits per heavy atom. The van der Waals surface area contributed by atoms with Gasteiger partial charge in [0.1, 0.15) is 11.4 Å². The standard InChI is InChI=1S/C16H19N2/c1-11-7-5-6-8-15(11)18-13(3)16-12(2)9-10-17(16)14(18)4/h5-10,12H,1-4H3/q+1/i12D. The van der Waals surface area contributed by atoms with Crippen LogP contribution in [0.3, 0.4) is 0 Å². The van der Waals surface area contributed by atoms with Gasteiger partial charge in [-0.05, 0) is 24.6 Å². The first kappa shape index (κ1) is 10.1. The molecule has 0 radical (unpaired) electrons. The van der Waals surface area contributed by atoms with E-state index in [2.05, 4.69) is 54.2 Å². The van der Waals surface area contributed by atoms with Gasteiger partial charge < -0.3 is 0 Å². The van der Waals surface area contributed by atoms with Crippen molar-refractivity contribution in [1.82, 2.24) is 4.57 Å². The number of imidazole rings is 1. The first-order valence-corrected chi connectivity index (χ1v) is 6.33. The fourth-order valence-corrected chi connectivity index (χ4v) is 2.88. The Balaban J connectivity index is 2.32. The van der Waals surface area contributed by atoms with E-state index in [1.807, 2.05) is 19.2 Å². The third-order valence-electron chi connectivity index (χ3n) is 3.79. The molecule has 1 atom stereocenters. The molecule has 2 aromatic rings. The van der Waals surface area contributed by atoms with Crippen LogP contribution in [0.25, 0.3) is 11.9 Å². The Bertz CT molecular complexity index is 693. The van der Waals surface area contributed by atoms with Crippen LogP contribution in [0, 0.1) is 20.8 Å². The van der Waals surface area contributed by atoms with Crippen LogP contribution in [-0.4, -0.2) is 4.57 Å². The lowest BCUT2D eigenvalue weighted by molar-refractivity contribution is -0.609. The molecule has 0 saturated carbocycles. The van der Waals surface area contributed by atoms with Gasteiger partial charge in [0.2, 0.25) is 0 Å². The Kier molecular flexibility index (Phi) is 2.16. The molecule has 0 fully saturated rings. The summed E-state index contributed by atoms with van der Waals surface area (Å²) in [4.78, 5) is 0. The highest BCUT2D eigenvalue weighted by atomic mass is 15.2. The molecule has 1 unspecified atom stereocenters. The van der Waals surface area contributed by atoms with Crippen molar-refractivity contribution in [3.63, 3.8) is 0 Å². The van der Waals surface area contributed by atoms with Gasteiger partial charge in [-0.1, -0.05) is 25.1 Å². The van der Waals surface area contributed by atoms with Gasteiger partial charge in [0.25, 0.3) is 5.82 Å². The molecule has 2 nitrogen and oxygen atoms in total. The summed E-state index contributed by atoms with van der Waals surface area (Å²) in [5.74, 6) is 0.511. The molecule has 0 aliphatic carbocycles. The van der Waals surface area contributed by atoms with Crippen molar-refractivity contribution < 1.29 is 5.94 Å². The van der Waals surface area contributed by atoms with E-state index >= 15 is 0 Å². The number of fused-ring (bicyclic) bond motifs is 1. The second-order valence-electron chi connectivity index (χ2n) is 4.97. The number of allylic oxidation sites excluding steroid dienone is 1. The van der Waals surface area contributed by atoms with Crippen LogP contribution in [-0.2, 0) is 0 Å². The number of aryl methyl sites for hydroxylation is 1. The first-order valence-electron chi connectivity index (χ1n) is 6.83. The van der Waals surface area contributed by atoms with Crippen LogP contribution in [0.1, 0.15) is 37.0 Å². The molecule has 1 aliphatic rings. The summed E-state index contributed by atoms with van der Waals surface area (Å²) in [6.45, 7) is 8.27. The van der Waals surface area contributed by atoms with Crippen LogP contribution in [0.4, 0.5) is 0 Å². The molecule has 92 valence electrons. The lowest BCUT2D eigenvalue weighted by Gasteiger charge is -2.04. The molecule has 0 amide bonds. The summed E-state index contributed by atoms with van der Waals surface area (Å²) in [5, 5.41) is 0. The second kappa shape index (κ2) is 3.84. The summed E-state index contributed by atoms with van der Waals surface area (Å²) in [7, 11) is 0. The highest BCUT2D eigenvalue weighted by Crippen LogP contribution is 2.28. The fourth-order valence-electron chi connectivity index (χ4n) is 2.88. The Hall–Kier alpha value is -1.83. The Labute approximate surface area is 110 Å². The van der Waals surface area contributed by atoms with Crippen molar-refractivity contribution in [2.24, 2.45) is 0 Å². The Morgan fingerprint density at radius 1 is 1.22 bits per heavy atom. The summed E-state index contributed by atoms with van der Waals surface area (Å²) < 4.78 is 12.8. The number of hydrogen-bond donors (Lipinski definition) is 0. The molecule has 1 aliphatic heterocycles. The number of hydrogen-bond acceptors (Lipinski definition) is 0. The van der Waals surface area contributed by atoms with Crippen LogP contribution in [0.2, 0.25) is 0 Å². The number of nitrogens with zero attached hydrogens (tertiary/aromatic N) is 2. The number of aromatic nitrogens is 2. The van der Waals surface area contributed by atoms with Crippen molar-refractivity contribution in [2.45, 2.75) is 33.6 Å². The summed E-state index contributed by atoms with van der Waals surface area (Å²) in [5.41, 5.74) is 4.66. The van der Waals surface area contributed by atoms with Gasteiger partial charge in [0, 0.05) is 21.1 Å². The normalized spacial score (nSPS) is 22.1. The van der Waals surface area contributed by atoms with Gasteiger partial charge in [0.05, 0.1) is 6.20 Å². The average Bonchev–Trinajstić information content (AvgIpc) is 2.79. The minimum Gasteiger partial charge on any atom is -0.203 e. The van der Waals surface area contributed by atoms with Gasteiger partial charge >= 0.3 is 0 Å². The highest BCUT2D eigenvalue weighted by Gasteiger charge is 2.31. The third kappa shape index (κ3) is 1.38. The summed E-state index contributed by atoms with van der Waals surface area (Å²) in [6.07, 6.45) is 3.96. The van der Waals surface area contributed by atoms with Gasteiger partial charge in [0.15, 0.2) is 5.69 Å². The maximum atomic E-state index is 8.41. The van der Waals surface area contributed by atoms with Crippen LogP contribution < -0.4 is 4.57 Å². The molecular weight excluding hydrogens is 220 g/mol. The number of benzene rings is 1. The van der Waals surface area contributed by atoms with Crippen molar-refractivity contribution in [3.8, 4) is 5.69 Å². The smallest absolute Gasteiger partial charge is 0.203 e. The largest absolute Gasteiger partial charge is 0.263 e. The van der Waals surface area contributed by atoms with Crippen LogP contribution in [0.5, 0.6) is 0 Å². The van der Waals surface area contributed by atoms with E-state index < -0.39 is 5.89 Å². The average molecular weight is 240 g/mol. The van der Waals surface area contributed by atoms with Crippen molar-refractivity contribution in [3.05, 3.63) is 53.1 Å². The van der Waals surface area contributed by atoms with E-state index in [1.165, 1.54) is 11.3 Å². The van der Waals surface area contributed by atoms with E-state index in [0.717, 1.165) is 17.2 Å². The molecular formula is C16H19N2+. The fraction of sp³-hybridized carbons (Fsp3) is 0.312. The molecule has 1 aromatic heterocycles. The number of rotatable bonds is 1. The van der Waals surface area contributed by atoms with Crippen molar-refractivity contribution in [1.29, 1.82) is 0 Å². The topological polar surface area (TPSA) is 8.81 Å². The van der Waals surface area contributed by atoms with E-state index in [0.29, 0.717) is 0 Å². The van der Waals surface area contributed by atoms with Crippen LogP contribution >= 0.6 is 0 Å². The second-order valence-corrected chi connectivity index (χ2v) is 4.97. The van der Waals surface area contributed by atoms with Crippen molar-refractivity contribution >= 4 is 6.20 Å². The lowest BCUT2D eigenvalue weighted by atomic mass is 10.1. The zero-order valence-electron chi connectivity index (χ0n) is 12.4. The van der Waals surface area contributed by atoms with Crippen molar-refractivity contribution in [2.75, 3.05) is 0 Å². The lowest BCUT2D eigenvalue weighted by Crippen LogP contribution is -2.36. The molecule has 18 heavy (non-hydrogen) atoms. The zero-order valence-corrected chi connectivity index (χ0v) is 11.4. The predicted octanol–water partition coefficient (Wildman–Crippen LogP) is 3.28. The van der Waals surface area contributed by atoms with Gasteiger partial charge in [-0.15, -0.1) is 0 Å². The first-order chi connectivity index (χ1) is 8.93. The molecule has 2 heterocycles. The van der Waals surface area contributed by atoms with E-state index in [9.17, 15) is 0 Å². The quantitative estimate of drug-likeness (QED) is 0.676. The minimum atomic E-state index is -0.636. The van der Waals surface area contributed by atoms with E-state index in [1.54, 1.807) is 0 Å². The van der Waals surface area contributed by atoms with Crippen LogP contribution in [0.15, 0.2) is 30.3 Å². The van der Waals surface area contributed by atoms with Gasteiger partial charge in [-0.2, -0.15) is 4.57 Å². The minimum absolute atomic E-state index is 0.636. The molecule has 3 rings (SSSR count). The maximum absolute atomic E-state index is 8.41. The number of para-hydroxylation sites is 1. The molecule has 0 N–H and O–H groups in total. The Morgan fingerprint density at radius 2 is 1.94 bits per heavy atom. The molecule has 0 saturated heterocycles. The molecule has 1 aromatic carbocycles.